The molecule has 126 valence electrons. The van der Waals surface area contributed by atoms with Crippen molar-refractivity contribution in [3.05, 3.63) is 107 Å². The van der Waals surface area contributed by atoms with Crippen LogP contribution >= 0.6 is 22.6 Å². The molecule has 26 heavy (non-hydrogen) atoms. The zero-order chi connectivity index (χ0) is 17.8. The van der Waals surface area contributed by atoms with Crippen molar-refractivity contribution >= 4 is 39.8 Å². The summed E-state index contributed by atoms with van der Waals surface area (Å²) in [6, 6.07) is 33.4. The summed E-state index contributed by atoms with van der Waals surface area (Å²) in [6.45, 7) is 0. The first-order valence-corrected chi connectivity index (χ1v) is 9.52. The summed E-state index contributed by atoms with van der Waals surface area (Å²) in [4.78, 5) is 6.83. The minimum Gasteiger partial charge on any atom is -0.294 e. The van der Waals surface area contributed by atoms with Gasteiger partial charge in [0.05, 0.1) is 5.69 Å². The number of aromatic nitrogens is 1. The summed E-state index contributed by atoms with van der Waals surface area (Å²) >= 11 is 2.35. The molecule has 0 fully saturated rings. The molecule has 3 heteroatoms. The normalized spacial score (nSPS) is 10.5. The fourth-order valence-electron chi connectivity index (χ4n) is 3.03. The number of rotatable bonds is 4. The fraction of sp³-hybridized carbons (Fsp3) is 0. The van der Waals surface area contributed by atoms with Crippen LogP contribution in [0.3, 0.4) is 0 Å². The highest BCUT2D eigenvalue weighted by Gasteiger charge is 2.17. The van der Waals surface area contributed by atoms with Gasteiger partial charge in [-0.1, -0.05) is 60.7 Å². The molecule has 4 rings (SSSR count). The van der Waals surface area contributed by atoms with Gasteiger partial charge in [0.25, 0.3) is 0 Å². The van der Waals surface area contributed by atoms with Crippen LogP contribution in [0.5, 0.6) is 0 Å². The highest BCUT2D eigenvalue weighted by molar-refractivity contribution is 14.1. The van der Waals surface area contributed by atoms with Crippen molar-refractivity contribution in [3.8, 4) is 11.1 Å². The van der Waals surface area contributed by atoms with Gasteiger partial charge in [0.1, 0.15) is 5.82 Å². The van der Waals surface area contributed by atoms with Crippen molar-refractivity contribution in [1.29, 1.82) is 0 Å². The number of nitrogens with zero attached hydrogens (tertiary/aromatic N) is 2. The number of para-hydroxylation sites is 1. The Hall–Kier alpha value is -2.66. The average molecular weight is 448 g/mol. The van der Waals surface area contributed by atoms with Gasteiger partial charge in [-0.15, -0.1) is 0 Å². The smallest absolute Gasteiger partial charge is 0.137 e. The lowest BCUT2D eigenvalue weighted by Crippen LogP contribution is -2.12. The minimum absolute atomic E-state index is 0.901. The summed E-state index contributed by atoms with van der Waals surface area (Å²) in [5, 5.41) is 0. The van der Waals surface area contributed by atoms with Gasteiger partial charge >= 0.3 is 0 Å². The maximum Gasteiger partial charge on any atom is 0.137 e. The van der Waals surface area contributed by atoms with Crippen molar-refractivity contribution in [2.45, 2.75) is 0 Å². The van der Waals surface area contributed by atoms with Crippen LogP contribution in [0.1, 0.15) is 0 Å². The molecule has 0 aliphatic heterocycles. The predicted molar refractivity (Wildman–Crippen MR) is 117 cm³/mol. The number of hydrogen-bond acceptors (Lipinski definition) is 2. The first-order chi connectivity index (χ1) is 12.8. The molecule has 0 unspecified atom stereocenters. The fourth-order valence-corrected chi connectivity index (χ4v) is 3.55. The molecule has 1 aromatic heterocycles. The number of halogens is 1. The predicted octanol–water partition coefficient (Wildman–Crippen LogP) is 6.82. The Morgan fingerprint density at radius 1 is 0.692 bits per heavy atom. The first-order valence-electron chi connectivity index (χ1n) is 8.44. The number of benzene rings is 3. The van der Waals surface area contributed by atoms with E-state index in [0.717, 1.165) is 17.2 Å². The van der Waals surface area contributed by atoms with Gasteiger partial charge in [-0.3, -0.25) is 4.90 Å². The molecule has 0 radical (unpaired) electrons. The molecule has 1 heterocycles. The molecule has 0 spiro atoms. The quantitative estimate of drug-likeness (QED) is 0.319. The lowest BCUT2D eigenvalue weighted by atomic mass is 10.0. The second kappa shape index (κ2) is 7.70. The molecule has 0 amide bonds. The van der Waals surface area contributed by atoms with Crippen LogP contribution in [0.15, 0.2) is 103 Å². The van der Waals surface area contributed by atoms with E-state index in [0.29, 0.717) is 0 Å². The second-order valence-electron chi connectivity index (χ2n) is 5.89. The van der Waals surface area contributed by atoms with E-state index in [1.54, 1.807) is 0 Å². The molecule has 0 atom stereocenters. The maximum atomic E-state index is 4.62. The summed E-state index contributed by atoms with van der Waals surface area (Å²) in [6.07, 6.45) is 1.83. The SMILES string of the molecule is Ic1cccc(N(c2ccccn2)c2ccccc2-c2ccccc2)c1. The summed E-state index contributed by atoms with van der Waals surface area (Å²) < 4.78 is 1.19. The first kappa shape index (κ1) is 16.8. The van der Waals surface area contributed by atoms with Crippen molar-refractivity contribution in [3.63, 3.8) is 0 Å². The topological polar surface area (TPSA) is 16.1 Å². The standard InChI is InChI=1S/C23H17IN2/c24-19-11-8-12-20(17-19)26(23-15-6-7-16-25-23)22-14-5-4-13-21(22)18-9-2-1-3-10-18/h1-17H. The van der Waals surface area contributed by atoms with E-state index in [1.165, 1.54) is 14.7 Å². The second-order valence-corrected chi connectivity index (χ2v) is 7.13. The van der Waals surface area contributed by atoms with Crippen LogP contribution in [0.4, 0.5) is 17.2 Å². The molecule has 0 N–H and O–H groups in total. The van der Waals surface area contributed by atoms with Gasteiger partial charge in [-0.2, -0.15) is 0 Å². The molecular formula is C23H17IN2. The van der Waals surface area contributed by atoms with Crippen LogP contribution < -0.4 is 4.90 Å². The van der Waals surface area contributed by atoms with Gasteiger partial charge in [-0.25, -0.2) is 4.98 Å². The molecule has 0 saturated heterocycles. The lowest BCUT2D eigenvalue weighted by Gasteiger charge is -2.26. The zero-order valence-corrected chi connectivity index (χ0v) is 16.2. The van der Waals surface area contributed by atoms with Gasteiger partial charge < -0.3 is 0 Å². The van der Waals surface area contributed by atoms with E-state index in [-0.39, 0.29) is 0 Å². The summed E-state index contributed by atoms with van der Waals surface area (Å²) in [5.41, 5.74) is 4.57. The van der Waals surface area contributed by atoms with E-state index >= 15 is 0 Å². The minimum atomic E-state index is 0.901. The van der Waals surface area contributed by atoms with Crippen LogP contribution in [0.25, 0.3) is 11.1 Å². The van der Waals surface area contributed by atoms with Crippen molar-refractivity contribution < 1.29 is 0 Å². The Labute approximate surface area is 167 Å². The monoisotopic (exact) mass is 448 g/mol. The van der Waals surface area contributed by atoms with E-state index in [1.807, 2.05) is 30.5 Å². The molecular weight excluding hydrogens is 431 g/mol. The van der Waals surface area contributed by atoms with Gasteiger partial charge in [-0.05, 0) is 64.6 Å². The highest BCUT2D eigenvalue weighted by Crippen LogP contribution is 2.39. The summed E-state index contributed by atoms with van der Waals surface area (Å²) in [7, 11) is 0. The third-order valence-electron chi connectivity index (χ3n) is 4.17. The number of hydrogen-bond donors (Lipinski definition) is 0. The third-order valence-corrected chi connectivity index (χ3v) is 4.85. The molecule has 0 bridgehead atoms. The largest absolute Gasteiger partial charge is 0.294 e. The number of pyridine rings is 1. The van der Waals surface area contributed by atoms with E-state index in [4.69, 9.17) is 0 Å². The molecule has 0 aliphatic rings. The molecule has 0 aliphatic carbocycles. The lowest BCUT2D eigenvalue weighted by molar-refractivity contribution is 1.18. The Morgan fingerprint density at radius 3 is 2.23 bits per heavy atom. The maximum absolute atomic E-state index is 4.62. The molecule has 3 aromatic carbocycles. The van der Waals surface area contributed by atoms with Crippen LogP contribution in [0.2, 0.25) is 0 Å². The molecule has 2 nitrogen and oxygen atoms in total. The van der Waals surface area contributed by atoms with Crippen molar-refractivity contribution in [2.75, 3.05) is 4.90 Å². The van der Waals surface area contributed by atoms with Gasteiger partial charge in [0.2, 0.25) is 0 Å². The van der Waals surface area contributed by atoms with Crippen LogP contribution in [-0.2, 0) is 0 Å². The highest BCUT2D eigenvalue weighted by atomic mass is 127. The Bertz CT molecular complexity index is 1000. The Balaban J connectivity index is 1.94. The van der Waals surface area contributed by atoms with Crippen molar-refractivity contribution in [1.82, 2.24) is 4.98 Å². The van der Waals surface area contributed by atoms with Gasteiger partial charge in [0.15, 0.2) is 0 Å². The van der Waals surface area contributed by atoms with Crippen LogP contribution in [-0.4, -0.2) is 4.98 Å². The van der Waals surface area contributed by atoms with Gasteiger partial charge in [0, 0.05) is 21.0 Å². The van der Waals surface area contributed by atoms with E-state index in [9.17, 15) is 0 Å². The Kier molecular flexibility index (Phi) is 4.97. The van der Waals surface area contributed by atoms with Crippen LogP contribution in [0, 0.1) is 3.57 Å². The number of anilines is 3. The molecule has 0 saturated carbocycles. The average Bonchev–Trinajstić information content (AvgIpc) is 2.70. The summed E-state index contributed by atoms with van der Waals surface area (Å²) in [5.74, 6) is 0.901. The molecule has 4 aromatic rings. The van der Waals surface area contributed by atoms with E-state index < -0.39 is 0 Å². The third kappa shape index (κ3) is 3.48. The van der Waals surface area contributed by atoms with Crippen molar-refractivity contribution in [2.24, 2.45) is 0 Å². The zero-order valence-electron chi connectivity index (χ0n) is 14.1. The Morgan fingerprint density at radius 2 is 1.46 bits per heavy atom. The van der Waals surface area contributed by atoms with E-state index in [2.05, 4.69) is 105 Å².